The fourth-order valence-electron chi connectivity index (χ4n) is 1.62. The van der Waals surface area contributed by atoms with Gasteiger partial charge in [0.2, 0.25) is 0 Å². The molecule has 0 unspecified atom stereocenters. The van der Waals surface area contributed by atoms with E-state index in [9.17, 15) is 10.0 Å². The highest BCUT2D eigenvalue weighted by Gasteiger charge is 2.08. The Balaban J connectivity index is 2.43. The minimum Gasteiger partial charge on any atom is -0.484 e. The number of allylic oxidation sites excluding steroid dienone is 1. The Kier molecular flexibility index (Phi) is 3.37. The molecule has 0 saturated heterocycles. The molecule has 2 rings (SSSR count). The molecular weight excluding hydrogens is 230 g/mol. The van der Waals surface area contributed by atoms with Gasteiger partial charge in [-0.25, -0.2) is 0 Å². The summed E-state index contributed by atoms with van der Waals surface area (Å²) in [6.07, 6.45) is 1.87. The number of aromatic nitrogens is 1. The summed E-state index contributed by atoms with van der Waals surface area (Å²) >= 11 is 0. The van der Waals surface area contributed by atoms with Gasteiger partial charge in [-0.2, -0.15) is 0 Å². The second-order valence-corrected chi connectivity index (χ2v) is 4.28. The van der Waals surface area contributed by atoms with Crippen LogP contribution >= 0.6 is 0 Å². The van der Waals surface area contributed by atoms with Crippen LogP contribution in [0.3, 0.4) is 0 Å². The lowest BCUT2D eigenvalue weighted by Gasteiger charge is -2.07. The zero-order chi connectivity index (χ0) is 13.1. The SMILES string of the molecule is CC(C)=CCOc1cc2ccccc2n(O)c1=O. The van der Waals surface area contributed by atoms with E-state index in [2.05, 4.69) is 0 Å². The number of rotatable bonds is 3. The van der Waals surface area contributed by atoms with Crippen molar-refractivity contribution in [3.8, 4) is 5.75 Å². The molecule has 0 saturated carbocycles. The Hall–Kier alpha value is -2.23. The zero-order valence-electron chi connectivity index (χ0n) is 10.4. The van der Waals surface area contributed by atoms with Gasteiger partial charge in [-0.15, -0.1) is 4.73 Å². The second-order valence-electron chi connectivity index (χ2n) is 4.28. The molecule has 0 atom stereocenters. The molecule has 0 aliphatic heterocycles. The van der Waals surface area contributed by atoms with Crippen LogP contribution in [0.25, 0.3) is 10.9 Å². The number of para-hydroxylation sites is 1. The predicted octanol–water partition coefficient (Wildman–Crippen LogP) is 2.58. The lowest BCUT2D eigenvalue weighted by atomic mass is 10.2. The van der Waals surface area contributed by atoms with E-state index in [1.807, 2.05) is 32.1 Å². The summed E-state index contributed by atoms with van der Waals surface area (Å²) < 4.78 is 5.99. The number of benzene rings is 1. The molecule has 18 heavy (non-hydrogen) atoms. The van der Waals surface area contributed by atoms with E-state index >= 15 is 0 Å². The Labute approximate surface area is 105 Å². The number of ether oxygens (including phenoxy) is 1. The quantitative estimate of drug-likeness (QED) is 0.668. The van der Waals surface area contributed by atoms with E-state index in [-0.39, 0.29) is 5.75 Å². The molecule has 1 aromatic heterocycles. The lowest BCUT2D eigenvalue weighted by molar-refractivity contribution is 0.183. The molecule has 0 aliphatic carbocycles. The molecular formula is C14H15NO3. The van der Waals surface area contributed by atoms with Gasteiger partial charge in [-0.05, 0) is 32.1 Å². The Bertz CT molecular complexity index is 652. The van der Waals surface area contributed by atoms with Crippen LogP contribution in [0.1, 0.15) is 13.8 Å². The van der Waals surface area contributed by atoms with E-state index < -0.39 is 5.56 Å². The molecule has 0 aliphatic rings. The molecule has 1 heterocycles. The van der Waals surface area contributed by atoms with Gasteiger partial charge >= 0.3 is 5.56 Å². The first-order chi connectivity index (χ1) is 8.59. The van der Waals surface area contributed by atoms with Crippen LogP contribution in [-0.4, -0.2) is 16.5 Å². The highest BCUT2D eigenvalue weighted by Crippen LogP contribution is 2.16. The fourth-order valence-corrected chi connectivity index (χ4v) is 1.62. The third-order valence-electron chi connectivity index (χ3n) is 2.59. The van der Waals surface area contributed by atoms with Crippen molar-refractivity contribution in [3.05, 3.63) is 52.3 Å². The van der Waals surface area contributed by atoms with E-state index in [4.69, 9.17) is 4.74 Å². The van der Waals surface area contributed by atoms with Crippen molar-refractivity contribution in [3.63, 3.8) is 0 Å². The van der Waals surface area contributed by atoms with Crippen LogP contribution < -0.4 is 10.3 Å². The molecule has 0 radical (unpaired) electrons. The molecule has 1 N–H and O–H groups in total. The first kappa shape index (κ1) is 12.2. The zero-order valence-corrected chi connectivity index (χ0v) is 10.4. The summed E-state index contributed by atoms with van der Waals surface area (Å²) in [7, 11) is 0. The number of hydrogen-bond acceptors (Lipinski definition) is 3. The molecule has 0 spiro atoms. The number of fused-ring (bicyclic) bond motifs is 1. The Morgan fingerprint density at radius 3 is 2.83 bits per heavy atom. The van der Waals surface area contributed by atoms with Crippen molar-refractivity contribution < 1.29 is 9.94 Å². The maximum Gasteiger partial charge on any atom is 0.325 e. The van der Waals surface area contributed by atoms with E-state index in [0.29, 0.717) is 16.9 Å². The minimum atomic E-state index is -0.546. The Morgan fingerprint density at radius 1 is 1.39 bits per heavy atom. The number of pyridine rings is 1. The van der Waals surface area contributed by atoms with Gasteiger partial charge in [0.15, 0.2) is 5.75 Å². The molecule has 0 fully saturated rings. The molecule has 2 aromatic rings. The van der Waals surface area contributed by atoms with Gasteiger partial charge < -0.3 is 9.94 Å². The van der Waals surface area contributed by atoms with E-state index in [1.165, 1.54) is 0 Å². The van der Waals surface area contributed by atoms with Crippen LogP contribution in [0.5, 0.6) is 5.75 Å². The third kappa shape index (κ3) is 2.37. The van der Waals surface area contributed by atoms with Crippen molar-refractivity contribution in [1.82, 2.24) is 4.73 Å². The summed E-state index contributed by atoms with van der Waals surface area (Å²) in [4.78, 5) is 11.8. The summed E-state index contributed by atoms with van der Waals surface area (Å²) in [6, 6.07) is 8.74. The average molecular weight is 245 g/mol. The fraction of sp³-hybridized carbons (Fsp3) is 0.214. The van der Waals surface area contributed by atoms with Crippen molar-refractivity contribution in [1.29, 1.82) is 0 Å². The average Bonchev–Trinajstić information content (AvgIpc) is 2.35. The monoisotopic (exact) mass is 245 g/mol. The van der Waals surface area contributed by atoms with Crippen LogP contribution in [0.15, 0.2) is 46.8 Å². The maximum atomic E-state index is 11.8. The topological polar surface area (TPSA) is 51.5 Å². The van der Waals surface area contributed by atoms with E-state index in [0.717, 1.165) is 11.0 Å². The molecule has 4 heteroatoms. The molecule has 4 nitrogen and oxygen atoms in total. The summed E-state index contributed by atoms with van der Waals surface area (Å²) in [6.45, 7) is 4.22. The predicted molar refractivity (Wildman–Crippen MR) is 70.3 cm³/mol. The largest absolute Gasteiger partial charge is 0.484 e. The summed E-state index contributed by atoms with van der Waals surface area (Å²) in [5.74, 6) is 0.147. The van der Waals surface area contributed by atoms with Gasteiger partial charge in [-0.1, -0.05) is 23.8 Å². The van der Waals surface area contributed by atoms with Crippen molar-refractivity contribution in [2.24, 2.45) is 0 Å². The molecule has 0 bridgehead atoms. The van der Waals surface area contributed by atoms with Gasteiger partial charge in [0, 0.05) is 5.39 Å². The summed E-state index contributed by atoms with van der Waals surface area (Å²) in [5, 5.41) is 10.5. The second kappa shape index (κ2) is 4.96. The molecule has 94 valence electrons. The number of nitrogens with zero attached hydrogens (tertiary/aromatic N) is 1. The Morgan fingerprint density at radius 2 is 2.11 bits per heavy atom. The van der Waals surface area contributed by atoms with Crippen LogP contribution in [0.2, 0.25) is 0 Å². The normalized spacial score (nSPS) is 10.3. The van der Waals surface area contributed by atoms with Gasteiger partial charge in [0.25, 0.3) is 0 Å². The minimum absolute atomic E-state index is 0.147. The van der Waals surface area contributed by atoms with Gasteiger partial charge in [0.05, 0.1) is 5.52 Å². The van der Waals surface area contributed by atoms with Crippen molar-refractivity contribution in [2.75, 3.05) is 6.61 Å². The van der Waals surface area contributed by atoms with Gasteiger partial charge in [-0.3, -0.25) is 4.79 Å². The first-order valence-electron chi connectivity index (χ1n) is 5.70. The standard InChI is InChI=1S/C14H15NO3/c1-10(2)7-8-18-13-9-11-5-3-4-6-12(11)15(17)14(13)16/h3-7,9,17H,8H2,1-2H3. The van der Waals surface area contributed by atoms with E-state index in [1.54, 1.807) is 18.2 Å². The maximum absolute atomic E-state index is 11.8. The smallest absolute Gasteiger partial charge is 0.325 e. The lowest BCUT2D eigenvalue weighted by Crippen LogP contribution is -2.20. The first-order valence-corrected chi connectivity index (χ1v) is 5.70. The highest BCUT2D eigenvalue weighted by molar-refractivity contribution is 5.79. The summed E-state index contributed by atoms with van der Waals surface area (Å²) in [5.41, 5.74) is 1.04. The van der Waals surface area contributed by atoms with Crippen LogP contribution in [0.4, 0.5) is 0 Å². The van der Waals surface area contributed by atoms with Gasteiger partial charge in [0.1, 0.15) is 6.61 Å². The molecule has 0 amide bonds. The molecule has 1 aromatic carbocycles. The third-order valence-corrected chi connectivity index (χ3v) is 2.59. The number of hydrogen-bond donors (Lipinski definition) is 1. The van der Waals surface area contributed by atoms with Crippen molar-refractivity contribution in [2.45, 2.75) is 13.8 Å². The van der Waals surface area contributed by atoms with Crippen molar-refractivity contribution >= 4 is 10.9 Å². The highest BCUT2D eigenvalue weighted by atomic mass is 16.5. The van der Waals surface area contributed by atoms with Crippen LogP contribution in [-0.2, 0) is 0 Å². The van der Waals surface area contributed by atoms with Crippen LogP contribution in [0, 0.1) is 0 Å².